The summed E-state index contributed by atoms with van der Waals surface area (Å²) in [6.45, 7) is 9.13. The summed E-state index contributed by atoms with van der Waals surface area (Å²) in [6.07, 6.45) is 3.44. The largest absolute Gasteiger partial charge is 0.508 e. The molecule has 0 saturated heterocycles. The first kappa shape index (κ1) is 9.02. The fraction of sp³-hybridized carbons (Fsp3) is 0.333. The molecule has 0 amide bonds. The van der Waals surface area contributed by atoms with Crippen molar-refractivity contribution in [1.82, 2.24) is 0 Å². The van der Waals surface area contributed by atoms with E-state index in [-0.39, 0.29) is 0 Å². The standard InChI is InChI=1S/C9H14O/c1-5-6-8(4)9(10)7(2)3/h5-6,10H,1H2,2-4H3/b8-6-. The molecule has 0 aliphatic carbocycles. The fourth-order valence-electron chi connectivity index (χ4n) is 0.650. The molecule has 0 radical (unpaired) electrons. The van der Waals surface area contributed by atoms with Crippen molar-refractivity contribution in [3.8, 4) is 0 Å². The lowest BCUT2D eigenvalue weighted by atomic mass is 10.1. The van der Waals surface area contributed by atoms with Crippen LogP contribution >= 0.6 is 0 Å². The molecule has 56 valence electrons. The molecule has 0 saturated carbocycles. The zero-order valence-corrected chi connectivity index (χ0v) is 6.81. The van der Waals surface area contributed by atoms with Gasteiger partial charge in [0.1, 0.15) is 5.76 Å². The van der Waals surface area contributed by atoms with E-state index >= 15 is 0 Å². The molecule has 0 unspecified atom stereocenters. The molecule has 0 aliphatic heterocycles. The Morgan fingerprint density at radius 3 is 2.10 bits per heavy atom. The summed E-state index contributed by atoms with van der Waals surface area (Å²) in [5.74, 6) is 0.361. The lowest BCUT2D eigenvalue weighted by molar-refractivity contribution is 0.416. The maximum Gasteiger partial charge on any atom is 0.117 e. The number of rotatable bonds is 2. The number of aliphatic hydroxyl groups is 1. The van der Waals surface area contributed by atoms with Crippen LogP contribution in [0, 0.1) is 0 Å². The van der Waals surface area contributed by atoms with Crippen molar-refractivity contribution in [1.29, 1.82) is 0 Å². The maximum atomic E-state index is 9.29. The van der Waals surface area contributed by atoms with Crippen molar-refractivity contribution in [3.63, 3.8) is 0 Å². The fourth-order valence-corrected chi connectivity index (χ4v) is 0.650. The number of hydrogen-bond donors (Lipinski definition) is 1. The Morgan fingerprint density at radius 2 is 1.80 bits per heavy atom. The van der Waals surface area contributed by atoms with Gasteiger partial charge in [-0.3, -0.25) is 0 Å². The van der Waals surface area contributed by atoms with Crippen LogP contribution in [0.4, 0.5) is 0 Å². The topological polar surface area (TPSA) is 20.2 Å². The maximum absolute atomic E-state index is 9.29. The van der Waals surface area contributed by atoms with E-state index in [9.17, 15) is 5.11 Å². The third-order valence-corrected chi connectivity index (χ3v) is 1.21. The highest BCUT2D eigenvalue weighted by Gasteiger charge is 1.95. The van der Waals surface area contributed by atoms with Crippen molar-refractivity contribution in [2.45, 2.75) is 20.8 Å². The highest BCUT2D eigenvalue weighted by Crippen LogP contribution is 2.09. The summed E-state index contributed by atoms with van der Waals surface area (Å²) in [7, 11) is 0. The van der Waals surface area contributed by atoms with Crippen molar-refractivity contribution in [3.05, 3.63) is 35.6 Å². The van der Waals surface area contributed by atoms with E-state index in [1.807, 2.05) is 20.8 Å². The van der Waals surface area contributed by atoms with Gasteiger partial charge in [-0.15, -0.1) is 0 Å². The van der Waals surface area contributed by atoms with Gasteiger partial charge in [0.15, 0.2) is 0 Å². The van der Waals surface area contributed by atoms with E-state index in [4.69, 9.17) is 0 Å². The average molecular weight is 138 g/mol. The van der Waals surface area contributed by atoms with E-state index in [1.54, 1.807) is 12.2 Å². The van der Waals surface area contributed by atoms with Gasteiger partial charge in [-0.25, -0.2) is 0 Å². The Morgan fingerprint density at radius 1 is 1.30 bits per heavy atom. The molecule has 0 fully saturated rings. The number of aliphatic hydroxyl groups excluding tert-OH is 1. The Kier molecular flexibility index (Phi) is 3.55. The molecule has 0 spiro atoms. The van der Waals surface area contributed by atoms with Gasteiger partial charge in [0.05, 0.1) is 0 Å². The van der Waals surface area contributed by atoms with Crippen molar-refractivity contribution in [2.75, 3.05) is 0 Å². The van der Waals surface area contributed by atoms with Crippen LogP contribution in [0.15, 0.2) is 35.6 Å². The Labute approximate surface area is 62.4 Å². The Bertz CT molecular complexity index is 181. The van der Waals surface area contributed by atoms with Gasteiger partial charge in [0.2, 0.25) is 0 Å². The summed E-state index contributed by atoms with van der Waals surface area (Å²) in [5, 5.41) is 9.29. The quantitative estimate of drug-likeness (QED) is 0.459. The van der Waals surface area contributed by atoms with Crippen molar-refractivity contribution < 1.29 is 5.11 Å². The van der Waals surface area contributed by atoms with E-state index in [0.29, 0.717) is 5.76 Å². The molecule has 1 nitrogen and oxygen atoms in total. The highest BCUT2D eigenvalue weighted by molar-refractivity contribution is 5.28. The molecule has 0 aromatic heterocycles. The minimum absolute atomic E-state index is 0.361. The first-order valence-corrected chi connectivity index (χ1v) is 3.25. The molecule has 1 N–H and O–H groups in total. The average Bonchev–Trinajstić information content (AvgIpc) is 1.87. The minimum atomic E-state index is 0.361. The molecule has 1 heteroatoms. The first-order chi connectivity index (χ1) is 4.59. The molecule has 0 aromatic carbocycles. The third kappa shape index (κ3) is 2.53. The number of hydrogen-bond acceptors (Lipinski definition) is 1. The zero-order chi connectivity index (χ0) is 8.15. The zero-order valence-electron chi connectivity index (χ0n) is 6.81. The monoisotopic (exact) mass is 138 g/mol. The van der Waals surface area contributed by atoms with E-state index in [1.165, 1.54) is 0 Å². The smallest absolute Gasteiger partial charge is 0.117 e. The minimum Gasteiger partial charge on any atom is -0.508 e. The molecule has 0 aromatic rings. The van der Waals surface area contributed by atoms with Gasteiger partial charge in [0, 0.05) is 0 Å². The van der Waals surface area contributed by atoms with E-state index < -0.39 is 0 Å². The number of allylic oxidation sites excluding steroid dienone is 4. The van der Waals surface area contributed by atoms with Gasteiger partial charge in [-0.1, -0.05) is 18.7 Å². The molecule has 0 rings (SSSR count). The molecular formula is C9H14O. The lowest BCUT2D eigenvalue weighted by Gasteiger charge is -1.99. The third-order valence-electron chi connectivity index (χ3n) is 1.21. The predicted octanol–water partition coefficient (Wildman–Crippen LogP) is 2.97. The summed E-state index contributed by atoms with van der Waals surface area (Å²) in [5.41, 5.74) is 1.78. The van der Waals surface area contributed by atoms with Gasteiger partial charge in [-0.2, -0.15) is 0 Å². The van der Waals surface area contributed by atoms with Crippen molar-refractivity contribution >= 4 is 0 Å². The van der Waals surface area contributed by atoms with Gasteiger partial charge in [0.25, 0.3) is 0 Å². The van der Waals surface area contributed by atoms with Crippen LogP contribution in [0.5, 0.6) is 0 Å². The molecule has 0 atom stereocenters. The SMILES string of the molecule is C=C/C=C(/C)C(O)=C(C)C. The molecule has 10 heavy (non-hydrogen) atoms. The van der Waals surface area contributed by atoms with Crippen LogP contribution in [0.3, 0.4) is 0 Å². The van der Waals surface area contributed by atoms with Crippen LogP contribution in [0.25, 0.3) is 0 Å². The molecule has 0 bridgehead atoms. The van der Waals surface area contributed by atoms with Gasteiger partial charge < -0.3 is 5.11 Å². The summed E-state index contributed by atoms with van der Waals surface area (Å²) in [4.78, 5) is 0. The summed E-state index contributed by atoms with van der Waals surface area (Å²) in [6, 6.07) is 0. The second-order valence-electron chi connectivity index (χ2n) is 2.43. The van der Waals surface area contributed by atoms with Crippen LogP contribution < -0.4 is 0 Å². The van der Waals surface area contributed by atoms with Crippen LogP contribution in [-0.4, -0.2) is 5.11 Å². The summed E-state index contributed by atoms with van der Waals surface area (Å²) < 4.78 is 0. The normalized spacial score (nSPS) is 10.9. The van der Waals surface area contributed by atoms with Gasteiger partial charge in [-0.05, 0) is 31.9 Å². The molecule has 0 aliphatic rings. The highest BCUT2D eigenvalue weighted by atomic mass is 16.3. The molecule has 0 heterocycles. The van der Waals surface area contributed by atoms with Crippen LogP contribution in [-0.2, 0) is 0 Å². The van der Waals surface area contributed by atoms with E-state index in [2.05, 4.69) is 6.58 Å². The molecular weight excluding hydrogens is 124 g/mol. The second kappa shape index (κ2) is 3.94. The lowest BCUT2D eigenvalue weighted by Crippen LogP contribution is -1.85. The van der Waals surface area contributed by atoms with Gasteiger partial charge >= 0.3 is 0 Å². The predicted molar refractivity (Wildman–Crippen MR) is 45.0 cm³/mol. The van der Waals surface area contributed by atoms with Crippen LogP contribution in [0.2, 0.25) is 0 Å². The Hall–Kier alpha value is -0.980. The van der Waals surface area contributed by atoms with Crippen molar-refractivity contribution in [2.24, 2.45) is 0 Å². The van der Waals surface area contributed by atoms with Crippen LogP contribution in [0.1, 0.15) is 20.8 Å². The second-order valence-corrected chi connectivity index (χ2v) is 2.43. The first-order valence-electron chi connectivity index (χ1n) is 3.25. The Balaban J connectivity index is 4.51. The summed E-state index contributed by atoms with van der Waals surface area (Å²) >= 11 is 0. The van der Waals surface area contributed by atoms with E-state index in [0.717, 1.165) is 11.1 Å².